The van der Waals surface area contributed by atoms with E-state index < -0.39 is 0 Å². The Labute approximate surface area is 155 Å². The maximum Gasteiger partial charge on any atom is 0.232 e. The van der Waals surface area contributed by atoms with Crippen molar-refractivity contribution in [1.82, 2.24) is 4.90 Å². The maximum atomic E-state index is 12.5. The summed E-state index contributed by atoms with van der Waals surface area (Å²) in [6.45, 7) is 9.67. The van der Waals surface area contributed by atoms with Gasteiger partial charge in [-0.15, -0.1) is 11.8 Å². The lowest BCUT2D eigenvalue weighted by Gasteiger charge is -2.33. The third kappa shape index (κ3) is 4.99. The molecule has 1 aromatic carbocycles. The van der Waals surface area contributed by atoms with E-state index in [9.17, 15) is 4.79 Å². The summed E-state index contributed by atoms with van der Waals surface area (Å²) >= 11 is 1.63. The molecule has 2 fully saturated rings. The van der Waals surface area contributed by atoms with E-state index >= 15 is 0 Å². The monoisotopic (exact) mass is 363 g/mol. The predicted molar refractivity (Wildman–Crippen MR) is 101 cm³/mol. The Kier molecular flexibility index (Phi) is 6.08. The normalized spacial score (nSPS) is 20.2. The standard InChI is InChI=1S/C20H29NO3S/c1-20(2,3)16-4-6-17(7-5-16)25-14-18(22)21-10-8-15(9-11-21)19-23-12-13-24-19/h4-7,15,19H,8-14H2,1-3H3. The van der Waals surface area contributed by atoms with Crippen LogP contribution in [0, 0.1) is 5.92 Å². The van der Waals surface area contributed by atoms with Crippen LogP contribution in [0.2, 0.25) is 0 Å². The fourth-order valence-electron chi connectivity index (χ4n) is 3.36. The number of rotatable bonds is 4. The lowest BCUT2D eigenvalue weighted by atomic mass is 9.87. The van der Waals surface area contributed by atoms with Gasteiger partial charge in [-0.25, -0.2) is 0 Å². The summed E-state index contributed by atoms with van der Waals surface area (Å²) in [6.07, 6.45) is 1.90. The van der Waals surface area contributed by atoms with Gasteiger partial charge in [0, 0.05) is 23.9 Å². The van der Waals surface area contributed by atoms with Crippen LogP contribution in [0.1, 0.15) is 39.2 Å². The molecule has 25 heavy (non-hydrogen) atoms. The van der Waals surface area contributed by atoms with Crippen LogP contribution in [0.5, 0.6) is 0 Å². The first-order chi connectivity index (χ1) is 11.9. The van der Waals surface area contributed by atoms with Gasteiger partial charge in [0.2, 0.25) is 5.91 Å². The summed E-state index contributed by atoms with van der Waals surface area (Å²) in [5.41, 5.74) is 1.48. The Morgan fingerprint density at radius 1 is 1.12 bits per heavy atom. The molecule has 2 heterocycles. The lowest BCUT2D eigenvalue weighted by molar-refractivity contribution is -0.134. The van der Waals surface area contributed by atoms with Gasteiger partial charge < -0.3 is 14.4 Å². The van der Waals surface area contributed by atoms with Crippen LogP contribution in [0.4, 0.5) is 0 Å². The predicted octanol–water partition coefficient (Wildman–Crippen LogP) is 3.69. The van der Waals surface area contributed by atoms with E-state index in [1.807, 2.05) is 4.90 Å². The van der Waals surface area contributed by atoms with E-state index in [-0.39, 0.29) is 17.6 Å². The summed E-state index contributed by atoms with van der Waals surface area (Å²) in [6, 6.07) is 8.58. The second-order valence-electron chi connectivity index (χ2n) is 7.89. The second kappa shape index (κ2) is 8.11. The molecule has 0 aliphatic carbocycles. The molecule has 2 saturated heterocycles. The molecule has 0 aromatic heterocycles. The lowest BCUT2D eigenvalue weighted by Crippen LogP contribution is -2.42. The summed E-state index contributed by atoms with van der Waals surface area (Å²) in [5, 5.41) is 0. The van der Waals surface area contributed by atoms with Gasteiger partial charge in [0.25, 0.3) is 0 Å². The molecular formula is C20H29NO3S. The van der Waals surface area contributed by atoms with Crippen molar-refractivity contribution in [2.75, 3.05) is 32.1 Å². The van der Waals surface area contributed by atoms with E-state index in [0.717, 1.165) is 30.8 Å². The zero-order valence-electron chi connectivity index (χ0n) is 15.5. The third-order valence-electron chi connectivity index (χ3n) is 5.01. The van der Waals surface area contributed by atoms with E-state index in [0.29, 0.717) is 24.9 Å². The minimum absolute atomic E-state index is 0.0482. The van der Waals surface area contributed by atoms with Crippen molar-refractivity contribution in [2.24, 2.45) is 5.92 Å². The summed E-state index contributed by atoms with van der Waals surface area (Å²) < 4.78 is 11.2. The van der Waals surface area contributed by atoms with Gasteiger partial charge in [-0.3, -0.25) is 4.79 Å². The van der Waals surface area contributed by atoms with Gasteiger partial charge in [-0.1, -0.05) is 32.9 Å². The SMILES string of the molecule is CC(C)(C)c1ccc(SCC(=O)N2CCC(C3OCCO3)CC2)cc1. The van der Waals surface area contributed by atoms with E-state index in [1.165, 1.54) is 5.56 Å². The van der Waals surface area contributed by atoms with E-state index in [2.05, 4.69) is 45.0 Å². The van der Waals surface area contributed by atoms with Crippen LogP contribution in [0.25, 0.3) is 0 Å². The number of nitrogens with zero attached hydrogens (tertiary/aromatic N) is 1. The van der Waals surface area contributed by atoms with Crippen molar-refractivity contribution in [3.8, 4) is 0 Å². The molecule has 3 rings (SSSR count). The summed E-state index contributed by atoms with van der Waals surface area (Å²) in [4.78, 5) is 15.6. The fraction of sp³-hybridized carbons (Fsp3) is 0.650. The molecule has 5 heteroatoms. The molecule has 0 atom stereocenters. The summed E-state index contributed by atoms with van der Waals surface area (Å²) in [7, 11) is 0. The molecule has 0 radical (unpaired) electrons. The zero-order valence-corrected chi connectivity index (χ0v) is 16.3. The van der Waals surface area contributed by atoms with Gasteiger partial charge >= 0.3 is 0 Å². The van der Waals surface area contributed by atoms with Gasteiger partial charge in [-0.2, -0.15) is 0 Å². The number of amides is 1. The van der Waals surface area contributed by atoms with Crippen LogP contribution in [-0.2, 0) is 19.7 Å². The van der Waals surface area contributed by atoms with Gasteiger partial charge in [0.15, 0.2) is 6.29 Å². The Bertz CT molecular complexity index is 568. The Morgan fingerprint density at radius 2 is 1.72 bits per heavy atom. The first-order valence-corrected chi connectivity index (χ1v) is 10.2. The van der Waals surface area contributed by atoms with E-state index in [1.54, 1.807) is 11.8 Å². The smallest absolute Gasteiger partial charge is 0.232 e. The highest BCUT2D eigenvalue weighted by atomic mass is 32.2. The Hall–Kier alpha value is -1.04. The minimum Gasteiger partial charge on any atom is -0.350 e. The van der Waals surface area contributed by atoms with Crippen LogP contribution < -0.4 is 0 Å². The largest absolute Gasteiger partial charge is 0.350 e. The average molecular weight is 364 g/mol. The average Bonchev–Trinajstić information content (AvgIpc) is 3.14. The first-order valence-electron chi connectivity index (χ1n) is 9.18. The third-order valence-corrected chi connectivity index (χ3v) is 6.00. The van der Waals surface area contributed by atoms with Gasteiger partial charge in [0.1, 0.15) is 0 Å². The van der Waals surface area contributed by atoms with Crippen molar-refractivity contribution in [3.05, 3.63) is 29.8 Å². The zero-order chi connectivity index (χ0) is 17.9. The van der Waals surface area contributed by atoms with Gasteiger partial charge in [0.05, 0.1) is 19.0 Å². The maximum absolute atomic E-state index is 12.5. The molecule has 4 nitrogen and oxygen atoms in total. The highest BCUT2D eigenvalue weighted by Gasteiger charge is 2.31. The van der Waals surface area contributed by atoms with Crippen molar-refractivity contribution in [3.63, 3.8) is 0 Å². The van der Waals surface area contributed by atoms with Crippen molar-refractivity contribution < 1.29 is 14.3 Å². The first kappa shape index (κ1) is 18.7. The van der Waals surface area contributed by atoms with Crippen molar-refractivity contribution in [1.29, 1.82) is 0 Å². The number of hydrogen-bond donors (Lipinski definition) is 0. The molecule has 2 aliphatic heterocycles. The Morgan fingerprint density at radius 3 is 2.28 bits per heavy atom. The fourth-order valence-corrected chi connectivity index (χ4v) is 4.16. The number of hydrogen-bond acceptors (Lipinski definition) is 4. The highest BCUT2D eigenvalue weighted by molar-refractivity contribution is 8.00. The number of piperidine rings is 1. The number of ether oxygens (including phenoxy) is 2. The number of likely N-dealkylation sites (tertiary alicyclic amines) is 1. The van der Waals surface area contributed by atoms with Crippen LogP contribution in [-0.4, -0.2) is 49.2 Å². The van der Waals surface area contributed by atoms with Crippen LogP contribution >= 0.6 is 11.8 Å². The number of thioether (sulfide) groups is 1. The van der Waals surface area contributed by atoms with Crippen LogP contribution in [0.15, 0.2) is 29.2 Å². The quantitative estimate of drug-likeness (QED) is 0.765. The van der Waals surface area contributed by atoms with Gasteiger partial charge in [-0.05, 0) is 36.0 Å². The topological polar surface area (TPSA) is 38.8 Å². The number of carbonyl (C=O) groups is 1. The molecule has 2 aliphatic rings. The minimum atomic E-state index is -0.0482. The molecule has 0 N–H and O–H groups in total. The molecule has 0 saturated carbocycles. The van der Waals surface area contributed by atoms with E-state index in [4.69, 9.17) is 9.47 Å². The molecule has 1 aromatic rings. The molecule has 0 spiro atoms. The molecule has 138 valence electrons. The van der Waals surface area contributed by atoms with Crippen molar-refractivity contribution in [2.45, 2.75) is 50.2 Å². The number of benzene rings is 1. The Balaban J connectivity index is 1.43. The summed E-state index contributed by atoms with van der Waals surface area (Å²) in [5.74, 6) is 1.18. The molecule has 0 bridgehead atoms. The molecular weight excluding hydrogens is 334 g/mol. The van der Waals surface area contributed by atoms with Crippen LogP contribution in [0.3, 0.4) is 0 Å². The second-order valence-corrected chi connectivity index (χ2v) is 8.94. The molecule has 1 amide bonds. The molecule has 0 unspecified atom stereocenters. The number of carbonyl (C=O) groups excluding carboxylic acids is 1. The van der Waals surface area contributed by atoms with Crippen molar-refractivity contribution >= 4 is 17.7 Å². The highest BCUT2D eigenvalue weighted by Crippen LogP contribution is 2.28.